The summed E-state index contributed by atoms with van der Waals surface area (Å²) in [6.07, 6.45) is 1.14. The Morgan fingerprint density at radius 1 is 1.21 bits per heavy atom. The first kappa shape index (κ1) is 19.9. The number of amides is 1. The molecule has 1 aliphatic rings. The summed E-state index contributed by atoms with van der Waals surface area (Å²) in [5, 5.41) is 2.62. The SMILES string of the molecule is O=C(NCCn1cnc(C2CCCC2)cc1=O)c1ccc(OC(F)(F)F)cc1. The van der Waals surface area contributed by atoms with Gasteiger partial charge in [-0.25, -0.2) is 4.98 Å². The number of carbonyl (C=O) groups is 1. The van der Waals surface area contributed by atoms with Crippen molar-refractivity contribution in [2.45, 2.75) is 44.5 Å². The Morgan fingerprint density at radius 2 is 1.89 bits per heavy atom. The number of hydrogen-bond donors (Lipinski definition) is 1. The number of rotatable bonds is 6. The summed E-state index contributed by atoms with van der Waals surface area (Å²) >= 11 is 0. The van der Waals surface area contributed by atoms with Crippen molar-refractivity contribution in [1.82, 2.24) is 14.9 Å². The fourth-order valence-electron chi connectivity index (χ4n) is 3.25. The Labute approximate surface area is 159 Å². The maximum Gasteiger partial charge on any atom is 0.573 e. The molecule has 0 unspecified atom stereocenters. The number of hydrogen-bond acceptors (Lipinski definition) is 4. The summed E-state index contributed by atoms with van der Waals surface area (Å²) in [7, 11) is 0. The van der Waals surface area contributed by atoms with Crippen LogP contribution in [0.4, 0.5) is 13.2 Å². The van der Waals surface area contributed by atoms with Crippen molar-refractivity contribution in [3.05, 3.63) is 58.3 Å². The summed E-state index contributed by atoms with van der Waals surface area (Å²) in [4.78, 5) is 28.6. The zero-order chi connectivity index (χ0) is 20.1. The number of carbonyl (C=O) groups excluding carboxylic acids is 1. The molecule has 1 saturated carbocycles. The van der Waals surface area contributed by atoms with Gasteiger partial charge in [0.25, 0.3) is 11.5 Å². The second kappa shape index (κ2) is 8.45. The normalized spacial score (nSPS) is 14.8. The molecule has 0 saturated heterocycles. The van der Waals surface area contributed by atoms with Crippen LogP contribution < -0.4 is 15.6 Å². The minimum absolute atomic E-state index is 0.167. The Balaban J connectivity index is 1.52. The second-order valence-corrected chi connectivity index (χ2v) is 6.65. The van der Waals surface area contributed by atoms with E-state index in [1.807, 2.05) is 0 Å². The molecule has 2 aromatic rings. The lowest BCUT2D eigenvalue weighted by Gasteiger charge is -2.11. The van der Waals surface area contributed by atoms with Gasteiger partial charge < -0.3 is 10.1 Å². The van der Waals surface area contributed by atoms with Gasteiger partial charge in [-0.15, -0.1) is 13.2 Å². The number of nitrogens with zero attached hydrogens (tertiary/aromatic N) is 2. The monoisotopic (exact) mass is 395 g/mol. The highest BCUT2D eigenvalue weighted by Gasteiger charge is 2.31. The topological polar surface area (TPSA) is 73.2 Å². The number of ether oxygens (including phenoxy) is 1. The molecule has 1 N–H and O–H groups in total. The van der Waals surface area contributed by atoms with Crippen LogP contribution in [0.5, 0.6) is 5.75 Å². The lowest BCUT2D eigenvalue weighted by molar-refractivity contribution is -0.274. The summed E-state index contributed by atoms with van der Waals surface area (Å²) in [6, 6.07) is 6.16. The van der Waals surface area contributed by atoms with Gasteiger partial charge in [-0.2, -0.15) is 0 Å². The number of nitrogens with one attached hydrogen (secondary N) is 1. The van der Waals surface area contributed by atoms with Gasteiger partial charge in [0.05, 0.1) is 12.0 Å². The summed E-state index contributed by atoms with van der Waals surface area (Å²) < 4.78 is 41.6. The minimum Gasteiger partial charge on any atom is -0.406 e. The van der Waals surface area contributed by atoms with Gasteiger partial charge in [-0.05, 0) is 37.1 Å². The Bertz CT molecular complexity index is 872. The molecule has 1 heterocycles. The van der Waals surface area contributed by atoms with Gasteiger partial charge in [-0.3, -0.25) is 14.2 Å². The van der Waals surface area contributed by atoms with Crippen LogP contribution >= 0.6 is 0 Å². The molecule has 1 aromatic carbocycles. The molecule has 0 bridgehead atoms. The fourth-order valence-corrected chi connectivity index (χ4v) is 3.25. The van der Waals surface area contributed by atoms with Gasteiger partial charge in [0.15, 0.2) is 0 Å². The van der Waals surface area contributed by atoms with Crippen LogP contribution in [-0.2, 0) is 6.54 Å². The maximum atomic E-state index is 12.2. The first-order valence-electron chi connectivity index (χ1n) is 9.02. The van der Waals surface area contributed by atoms with Crippen molar-refractivity contribution in [2.75, 3.05) is 6.54 Å². The third-order valence-corrected chi connectivity index (χ3v) is 4.66. The summed E-state index contributed by atoms with van der Waals surface area (Å²) in [6.45, 7) is 0.432. The molecule has 0 radical (unpaired) electrons. The van der Waals surface area contributed by atoms with Crippen molar-refractivity contribution < 1.29 is 22.7 Å². The molecule has 0 atom stereocenters. The van der Waals surface area contributed by atoms with Crippen LogP contribution in [0.25, 0.3) is 0 Å². The molecular formula is C19H20F3N3O3. The second-order valence-electron chi connectivity index (χ2n) is 6.65. The van der Waals surface area contributed by atoms with E-state index in [0.717, 1.165) is 43.5 Å². The van der Waals surface area contributed by atoms with Gasteiger partial charge in [0.1, 0.15) is 5.75 Å². The van der Waals surface area contributed by atoms with Gasteiger partial charge in [0.2, 0.25) is 0 Å². The van der Waals surface area contributed by atoms with Crippen LogP contribution in [0, 0.1) is 0 Å². The molecule has 150 valence electrons. The van der Waals surface area contributed by atoms with E-state index in [4.69, 9.17) is 0 Å². The van der Waals surface area contributed by atoms with Crippen molar-refractivity contribution in [3.8, 4) is 5.75 Å². The fraction of sp³-hybridized carbons (Fsp3) is 0.421. The first-order chi connectivity index (χ1) is 13.3. The smallest absolute Gasteiger partial charge is 0.406 e. The average molecular weight is 395 g/mol. The quantitative estimate of drug-likeness (QED) is 0.815. The molecule has 1 amide bonds. The number of aromatic nitrogens is 2. The Kier molecular flexibility index (Phi) is 6.01. The van der Waals surface area contributed by atoms with Crippen LogP contribution in [0.15, 0.2) is 41.5 Å². The summed E-state index contributed by atoms with van der Waals surface area (Å²) in [5.74, 6) is -0.502. The van der Waals surface area contributed by atoms with Crippen molar-refractivity contribution in [1.29, 1.82) is 0 Å². The predicted molar refractivity (Wildman–Crippen MR) is 95.2 cm³/mol. The van der Waals surface area contributed by atoms with E-state index in [9.17, 15) is 22.8 Å². The van der Waals surface area contributed by atoms with E-state index >= 15 is 0 Å². The highest BCUT2D eigenvalue weighted by molar-refractivity contribution is 5.94. The van der Waals surface area contributed by atoms with Crippen molar-refractivity contribution >= 4 is 5.91 Å². The zero-order valence-electron chi connectivity index (χ0n) is 15.0. The Morgan fingerprint density at radius 3 is 2.50 bits per heavy atom. The highest BCUT2D eigenvalue weighted by Crippen LogP contribution is 2.32. The van der Waals surface area contributed by atoms with E-state index in [0.29, 0.717) is 5.92 Å². The van der Waals surface area contributed by atoms with E-state index in [2.05, 4.69) is 15.0 Å². The molecule has 1 aromatic heterocycles. The van der Waals surface area contributed by atoms with Crippen LogP contribution in [0.1, 0.15) is 47.7 Å². The molecule has 1 aliphatic carbocycles. The van der Waals surface area contributed by atoms with Gasteiger partial charge >= 0.3 is 6.36 Å². The molecule has 1 fully saturated rings. The summed E-state index contributed by atoms with van der Waals surface area (Å²) in [5.41, 5.74) is 0.848. The van der Waals surface area contributed by atoms with Crippen LogP contribution in [0.3, 0.4) is 0 Å². The van der Waals surface area contributed by atoms with Gasteiger partial charge in [-0.1, -0.05) is 12.8 Å². The third kappa shape index (κ3) is 5.34. The minimum atomic E-state index is -4.78. The van der Waals surface area contributed by atoms with E-state index in [-0.39, 0.29) is 24.2 Å². The molecule has 9 heteroatoms. The highest BCUT2D eigenvalue weighted by atomic mass is 19.4. The molecule has 3 rings (SSSR count). The lowest BCUT2D eigenvalue weighted by Crippen LogP contribution is -2.31. The largest absolute Gasteiger partial charge is 0.573 e. The van der Waals surface area contributed by atoms with E-state index in [1.54, 1.807) is 6.07 Å². The molecular weight excluding hydrogens is 375 g/mol. The van der Waals surface area contributed by atoms with Crippen LogP contribution in [0.2, 0.25) is 0 Å². The number of halogens is 3. The van der Waals surface area contributed by atoms with Crippen LogP contribution in [-0.4, -0.2) is 28.4 Å². The predicted octanol–water partition coefficient (Wildman–Crippen LogP) is 3.23. The molecule has 0 aliphatic heterocycles. The van der Waals surface area contributed by atoms with Gasteiger partial charge in [0, 0.05) is 30.6 Å². The molecule has 28 heavy (non-hydrogen) atoms. The number of benzene rings is 1. The molecule has 6 nitrogen and oxygen atoms in total. The van der Waals surface area contributed by atoms with Crippen molar-refractivity contribution in [2.24, 2.45) is 0 Å². The van der Waals surface area contributed by atoms with E-state index < -0.39 is 18.0 Å². The first-order valence-corrected chi connectivity index (χ1v) is 9.02. The maximum absolute atomic E-state index is 12.2. The lowest BCUT2D eigenvalue weighted by atomic mass is 10.0. The Hall–Kier alpha value is -2.84. The third-order valence-electron chi connectivity index (χ3n) is 4.66. The zero-order valence-corrected chi connectivity index (χ0v) is 15.0. The number of alkyl halides is 3. The van der Waals surface area contributed by atoms with E-state index in [1.165, 1.54) is 23.0 Å². The van der Waals surface area contributed by atoms with Crippen molar-refractivity contribution in [3.63, 3.8) is 0 Å². The molecule has 0 spiro atoms. The standard InChI is InChI=1S/C19H20F3N3O3/c20-19(21,22)28-15-7-5-14(6-8-15)18(27)23-9-10-25-12-24-16(11-17(25)26)13-3-1-2-4-13/h5-8,11-13H,1-4,9-10H2,(H,23,27). The average Bonchev–Trinajstić information content (AvgIpc) is 3.17.